The molecule has 0 radical (unpaired) electrons. The molecule has 1 saturated heterocycles. The number of carbonyl (C=O) groups is 2. The highest BCUT2D eigenvalue weighted by atomic mass is 79.9. The van der Waals surface area contributed by atoms with Crippen molar-refractivity contribution in [2.24, 2.45) is 0 Å². The molecule has 2 heterocycles. The number of carbonyl (C=O) groups excluding carboxylic acids is 2. The first-order valence-corrected chi connectivity index (χ1v) is 10.9. The van der Waals surface area contributed by atoms with Crippen molar-refractivity contribution in [1.82, 2.24) is 4.98 Å². The fraction of sp³-hybridized carbons (Fsp3) is 0.160. The molecule has 1 atom stereocenters. The molecule has 32 heavy (non-hydrogen) atoms. The minimum Gasteiger partial charge on any atom is -0.507 e. The van der Waals surface area contributed by atoms with E-state index in [9.17, 15) is 14.7 Å². The van der Waals surface area contributed by atoms with Crippen LogP contribution in [0.1, 0.15) is 31.0 Å². The number of rotatable bonds is 5. The number of hydrogen-bond donors (Lipinski definition) is 1. The van der Waals surface area contributed by atoms with Gasteiger partial charge in [0.1, 0.15) is 17.3 Å². The number of anilines is 1. The van der Waals surface area contributed by atoms with Crippen molar-refractivity contribution in [1.29, 1.82) is 0 Å². The number of hydrogen-bond acceptors (Lipinski definition) is 5. The summed E-state index contributed by atoms with van der Waals surface area (Å²) in [4.78, 5) is 31.8. The zero-order valence-corrected chi connectivity index (χ0v) is 19.1. The lowest BCUT2D eigenvalue weighted by atomic mass is 9.95. The van der Waals surface area contributed by atoms with Gasteiger partial charge in [0.15, 0.2) is 0 Å². The Morgan fingerprint density at radius 3 is 2.44 bits per heavy atom. The Hall–Kier alpha value is -3.45. The molecule has 7 heteroatoms. The molecule has 1 aromatic heterocycles. The Bertz CT molecular complexity index is 1190. The van der Waals surface area contributed by atoms with Crippen molar-refractivity contribution in [2.45, 2.75) is 26.0 Å². The topological polar surface area (TPSA) is 79.7 Å². The van der Waals surface area contributed by atoms with Crippen LogP contribution >= 0.6 is 15.9 Å². The molecule has 2 aromatic carbocycles. The van der Waals surface area contributed by atoms with Gasteiger partial charge in [0.2, 0.25) is 0 Å². The van der Waals surface area contributed by atoms with E-state index in [0.717, 1.165) is 4.47 Å². The zero-order valence-electron chi connectivity index (χ0n) is 17.5. The number of pyridine rings is 1. The summed E-state index contributed by atoms with van der Waals surface area (Å²) in [6, 6.07) is 18.4. The Morgan fingerprint density at radius 2 is 1.81 bits per heavy atom. The van der Waals surface area contributed by atoms with E-state index >= 15 is 0 Å². The first-order chi connectivity index (χ1) is 15.4. The minimum atomic E-state index is -0.825. The molecule has 162 valence electrons. The maximum atomic E-state index is 13.1. The molecular formula is C25H21BrN2O4. The maximum absolute atomic E-state index is 13.1. The predicted molar refractivity (Wildman–Crippen MR) is 125 cm³/mol. The van der Waals surface area contributed by atoms with Crippen molar-refractivity contribution >= 4 is 39.2 Å². The van der Waals surface area contributed by atoms with Gasteiger partial charge in [-0.25, -0.2) is 4.98 Å². The number of amides is 1. The van der Waals surface area contributed by atoms with Gasteiger partial charge >= 0.3 is 5.91 Å². The monoisotopic (exact) mass is 492 g/mol. The molecule has 1 fully saturated rings. The van der Waals surface area contributed by atoms with Gasteiger partial charge in [-0.3, -0.25) is 14.5 Å². The van der Waals surface area contributed by atoms with Crippen LogP contribution in [0.3, 0.4) is 0 Å². The lowest BCUT2D eigenvalue weighted by Gasteiger charge is -2.24. The summed E-state index contributed by atoms with van der Waals surface area (Å²) in [5, 5.41) is 11.2. The molecule has 1 aliphatic rings. The third kappa shape index (κ3) is 4.16. The average Bonchev–Trinajstić information content (AvgIpc) is 3.05. The van der Waals surface area contributed by atoms with Gasteiger partial charge in [0.05, 0.1) is 17.7 Å². The fourth-order valence-corrected chi connectivity index (χ4v) is 4.09. The summed E-state index contributed by atoms with van der Waals surface area (Å²) in [5.41, 5.74) is 1.10. The van der Waals surface area contributed by atoms with Crippen LogP contribution < -0.4 is 9.64 Å². The second-order valence-electron chi connectivity index (χ2n) is 7.60. The summed E-state index contributed by atoms with van der Waals surface area (Å²) in [7, 11) is 0. The summed E-state index contributed by atoms with van der Waals surface area (Å²) >= 11 is 3.45. The Morgan fingerprint density at radius 1 is 1.06 bits per heavy atom. The largest absolute Gasteiger partial charge is 0.507 e. The smallest absolute Gasteiger partial charge is 0.301 e. The highest BCUT2D eigenvalue weighted by Gasteiger charge is 2.47. The van der Waals surface area contributed by atoms with Crippen LogP contribution in [0, 0.1) is 0 Å². The van der Waals surface area contributed by atoms with Crippen molar-refractivity contribution in [3.05, 3.63) is 94.1 Å². The van der Waals surface area contributed by atoms with E-state index in [-0.39, 0.29) is 17.4 Å². The second-order valence-corrected chi connectivity index (χ2v) is 8.52. The molecular weight excluding hydrogens is 472 g/mol. The van der Waals surface area contributed by atoms with Crippen molar-refractivity contribution in [3.63, 3.8) is 0 Å². The number of aromatic nitrogens is 1. The van der Waals surface area contributed by atoms with Crippen LogP contribution in [0.4, 0.5) is 5.82 Å². The van der Waals surface area contributed by atoms with Gasteiger partial charge in [-0.2, -0.15) is 0 Å². The zero-order chi connectivity index (χ0) is 22.8. The van der Waals surface area contributed by atoms with E-state index in [2.05, 4.69) is 20.9 Å². The van der Waals surface area contributed by atoms with E-state index in [4.69, 9.17) is 4.74 Å². The summed E-state index contributed by atoms with van der Waals surface area (Å²) in [6.45, 7) is 3.84. The van der Waals surface area contributed by atoms with Gasteiger partial charge in [-0.15, -0.1) is 0 Å². The molecule has 0 bridgehead atoms. The summed E-state index contributed by atoms with van der Waals surface area (Å²) < 4.78 is 6.44. The highest BCUT2D eigenvalue weighted by Crippen LogP contribution is 2.42. The Balaban J connectivity index is 1.86. The second kappa shape index (κ2) is 8.96. The van der Waals surface area contributed by atoms with Gasteiger partial charge in [-0.05, 0) is 67.9 Å². The van der Waals surface area contributed by atoms with E-state index in [1.54, 1.807) is 48.7 Å². The molecule has 0 saturated carbocycles. The molecule has 1 unspecified atom stereocenters. The van der Waals surface area contributed by atoms with Crippen LogP contribution in [0.2, 0.25) is 0 Å². The molecule has 0 spiro atoms. The first-order valence-electron chi connectivity index (χ1n) is 10.1. The minimum absolute atomic E-state index is 0.00895. The Kier molecular flexibility index (Phi) is 6.10. The van der Waals surface area contributed by atoms with Crippen molar-refractivity contribution in [3.8, 4) is 5.75 Å². The standard InChI is InChI=1S/C25H21BrN2O4/c1-15(2)32-19-11-9-16(10-12-19)23(29)21-22(17-6-5-7-18(26)14-17)28(25(31)24(21)30)20-8-3-4-13-27-20/h3-15,22,29H,1-2H3. The Labute approximate surface area is 194 Å². The van der Waals surface area contributed by atoms with E-state index in [1.807, 2.05) is 38.1 Å². The number of ether oxygens (including phenoxy) is 1. The van der Waals surface area contributed by atoms with E-state index < -0.39 is 17.7 Å². The van der Waals surface area contributed by atoms with Crippen LogP contribution in [0.15, 0.2) is 83.0 Å². The van der Waals surface area contributed by atoms with Crippen LogP contribution in [-0.2, 0) is 9.59 Å². The predicted octanol–water partition coefficient (Wildman–Crippen LogP) is 5.26. The normalized spacial score (nSPS) is 17.8. The average molecular weight is 493 g/mol. The molecule has 1 N–H and O–H groups in total. The number of nitrogens with zero attached hydrogens (tertiary/aromatic N) is 2. The van der Waals surface area contributed by atoms with Crippen LogP contribution in [0.25, 0.3) is 5.76 Å². The quantitative estimate of drug-likeness (QED) is 0.298. The maximum Gasteiger partial charge on any atom is 0.301 e. The van der Waals surface area contributed by atoms with E-state index in [1.165, 1.54) is 4.90 Å². The molecule has 1 amide bonds. The number of ketones is 1. The van der Waals surface area contributed by atoms with Crippen LogP contribution in [-0.4, -0.2) is 27.9 Å². The fourth-order valence-electron chi connectivity index (χ4n) is 3.68. The molecule has 6 nitrogen and oxygen atoms in total. The molecule has 0 aliphatic carbocycles. The van der Waals surface area contributed by atoms with Gasteiger partial charge in [0.25, 0.3) is 5.78 Å². The number of aliphatic hydroxyl groups is 1. The number of aliphatic hydroxyl groups excluding tert-OH is 1. The lowest BCUT2D eigenvalue weighted by molar-refractivity contribution is -0.132. The summed E-state index contributed by atoms with van der Waals surface area (Å²) in [5.74, 6) is -0.771. The SMILES string of the molecule is CC(C)Oc1ccc(C(O)=C2C(=O)C(=O)N(c3ccccn3)C2c2cccc(Br)c2)cc1. The van der Waals surface area contributed by atoms with Gasteiger partial charge in [0, 0.05) is 16.2 Å². The third-order valence-electron chi connectivity index (χ3n) is 5.00. The number of halogens is 1. The van der Waals surface area contributed by atoms with Crippen LogP contribution in [0.5, 0.6) is 5.75 Å². The van der Waals surface area contributed by atoms with Crippen molar-refractivity contribution < 1.29 is 19.4 Å². The molecule has 1 aliphatic heterocycles. The van der Waals surface area contributed by atoms with E-state index in [0.29, 0.717) is 22.7 Å². The molecule has 4 rings (SSSR count). The van der Waals surface area contributed by atoms with Gasteiger partial charge in [-0.1, -0.05) is 34.1 Å². The van der Waals surface area contributed by atoms with Gasteiger partial charge < -0.3 is 9.84 Å². The highest BCUT2D eigenvalue weighted by molar-refractivity contribution is 9.10. The van der Waals surface area contributed by atoms with Crippen molar-refractivity contribution in [2.75, 3.05) is 4.90 Å². The lowest BCUT2D eigenvalue weighted by Crippen LogP contribution is -2.30. The summed E-state index contributed by atoms with van der Waals surface area (Å²) in [6.07, 6.45) is 1.56. The third-order valence-corrected chi connectivity index (χ3v) is 5.50. The number of Topliss-reactive ketones (excluding diaryl/α,β-unsaturated/α-hetero) is 1. The first kappa shape index (κ1) is 21.8. The number of benzene rings is 2. The molecule has 3 aromatic rings.